The summed E-state index contributed by atoms with van der Waals surface area (Å²) in [5.74, 6) is 1.54. The molecule has 0 saturated heterocycles. The van der Waals surface area contributed by atoms with Crippen LogP contribution in [0.15, 0.2) is 30.6 Å². The Balaban J connectivity index is 2.22. The number of nitrogens with two attached hydrogens (primary N) is 1. The summed E-state index contributed by atoms with van der Waals surface area (Å²) in [4.78, 5) is 4.17. The topological polar surface area (TPSA) is 53.1 Å². The molecule has 0 aliphatic rings. The maximum absolute atomic E-state index is 6.07. The normalized spacial score (nSPS) is 10.5. The molecule has 0 atom stereocenters. The highest BCUT2D eigenvalue weighted by Gasteiger charge is 2.04. The SMILES string of the molecule is COc1ccc(Cn2ccnc2CN)cc1Cl. The molecule has 0 aliphatic heterocycles. The van der Waals surface area contributed by atoms with Crippen LogP contribution >= 0.6 is 11.6 Å². The minimum Gasteiger partial charge on any atom is -0.495 e. The monoisotopic (exact) mass is 251 g/mol. The van der Waals surface area contributed by atoms with E-state index in [1.165, 1.54) is 0 Å². The van der Waals surface area contributed by atoms with Gasteiger partial charge in [-0.05, 0) is 17.7 Å². The largest absolute Gasteiger partial charge is 0.495 e. The van der Waals surface area contributed by atoms with Crippen molar-refractivity contribution in [1.82, 2.24) is 9.55 Å². The van der Waals surface area contributed by atoms with Crippen LogP contribution in [0, 0.1) is 0 Å². The number of aromatic nitrogens is 2. The molecule has 90 valence electrons. The zero-order valence-corrected chi connectivity index (χ0v) is 10.3. The highest BCUT2D eigenvalue weighted by atomic mass is 35.5. The summed E-state index contributed by atoms with van der Waals surface area (Å²) in [6.45, 7) is 1.13. The smallest absolute Gasteiger partial charge is 0.137 e. The standard InChI is InChI=1S/C12H14ClN3O/c1-17-11-3-2-9(6-10(11)13)8-16-5-4-15-12(16)7-14/h2-6H,7-8,14H2,1H3. The van der Waals surface area contributed by atoms with E-state index >= 15 is 0 Å². The molecule has 2 aromatic rings. The number of ether oxygens (including phenoxy) is 1. The molecule has 1 aromatic heterocycles. The molecule has 1 heterocycles. The van der Waals surface area contributed by atoms with Crippen molar-refractivity contribution in [3.63, 3.8) is 0 Å². The van der Waals surface area contributed by atoms with Crippen molar-refractivity contribution in [2.75, 3.05) is 7.11 Å². The van der Waals surface area contributed by atoms with E-state index in [0.717, 1.165) is 11.4 Å². The molecule has 4 nitrogen and oxygen atoms in total. The van der Waals surface area contributed by atoms with Crippen LogP contribution in [0.2, 0.25) is 5.02 Å². The molecule has 17 heavy (non-hydrogen) atoms. The van der Waals surface area contributed by atoms with Crippen LogP contribution in [0.4, 0.5) is 0 Å². The van der Waals surface area contributed by atoms with Gasteiger partial charge >= 0.3 is 0 Å². The molecule has 0 bridgehead atoms. The van der Waals surface area contributed by atoms with Crippen molar-refractivity contribution in [2.45, 2.75) is 13.1 Å². The van der Waals surface area contributed by atoms with Crippen LogP contribution in [0.5, 0.6) is 5.75 Å². The van der Waals surface area contributed by atoms with Crippen LogP contribution in [-0.4, -0.2) is 16.7 Å². The summed E-state index contributed by atoms with van der Waals surface area (Å²) < 4.78 is 7.11. The molecule has 2 rings (SSSR count). The van der Waals surface area contributed by atoms with Gasteiger partial charge in [0.25, 0.3) is 0 Å². The van der Waals surface area contributed by atoms with Crippen LogP contribution in [0.25, 0.3) is 0 Å². The zero-order chi connectivity index (χ0) is 12.3. The van der Waals surface area contributed by atoms with Crippen molar-refractivity contribution in [1.29, 1.82) is 0 Å². The number of imidazole rings is 1. The third-order valence-electron chi connectivity index (χ3n) is 2.55. The summed E-state index contributed by atoms with van der Waals surface area (Å²) in [7, 11) is 1.60. The fraction of sp³-hybridized carbons (Fsp3) is 0.250. The van der Waals surface area contributed by atoms with Gasteiger partial charge in [0.15, 0.2) is 0 Å². The Kier molecular flexibility index (Phi) is 3.66. The first kappa shape index (κ1) is 12.0. The first-order valence-electron chi connectivity index (χ1n) is 5.27. The third-order valence-corrected chi connectivity index (χ3v) is 2.85. The molecule has 2 N–H and O–H groups in total. The van der Waals surface area contributed by atoms with Gasteiger partial charge in [0, 0.05) is 18.9 Å². The van der Waals surface area contributed by atoms with Gasteiger partial charge in [0.05, 0.1) is 18.7 Å². The van der Waals surface area contributed by atoms with Crippen LogP contribution < -0.4 is 10.5 Å². The quantitative estimate of drug-likeness (QED) is 0.905. The summed E-state index contributed by atoms with van der Waals surface area (Å²) in [5, 5.41) is 0.611. The first-order valence-corrected chi connectivity index (χ1v) is 5.65. The molecule has 0 fully saturated rings. The Morgan fingerprint density at radius 2 is 2.29 bits per heavy atom. The number of methoxy groups -OCH3 is 1. The Morgan fingerprint density at radius 3 is 2.94 bits per heavy atom. The van der Waals surface area contributed by atoms with Crippen molar-refractivity contribution >= 4 is 11.6 Å². The number of halogens is 1. The number of rotatable bonds is 4. The van der Waals surface area contributed by atoms with Gasteiger partial charge in [0.2, 0.25) is 0 Å². The minimum absolute atomic E-state index is 0.427. The maximum atomic E-state index is 6.07. The number of hydrogen-bond donors (Lipinski definition) is 1. The van der Waals surface area contributed by atoms with E-state index in [1.54, 1.807) is 13.3 Å². The Morgan fingerprint density at radius 1 is 1.47 bits per heavy atom. The van der Waals surface area contributed by atoms with E-state index in [1.807, 2.05) is 29.0 Å². The Labute approximate surface area is 105 Å². The van der Waals surface area contributed by atoms with Gasteiger partial charge in [-0.2, -0.15) is 0 Å². The van der Waals surface area contributed by atoms with Gasteiger partial charge in [-0.25, -0.2) is 4.98 Å². The Hall–Kier alpha value is -1.52. The predicted octanol–water partition coefficient (Wildman–Crippen LogP) is 2.05. The number of hydrogen-bond acceptors (Lipinski definition) is 3. The fourth-order valence-corrected chi connectivity index (χ4v) is 1.96. The number of nitrogens with zero attached hydrogens (tertiary/aromatic N) is 2. The minimum atomic E-state index is 0.427. The first-order chi connectivity index (χ1) is 8.24. The Bertz CT molecular complexity index is 510. The zero-order valence-electron chi connectivity index (χ0n) is 9.56. The van der Waals surface area contributed by atoms with Crippen molar-refractivity contribution in [3.05, 3.63) is 47.0 Å². The van der Waals surface area contributed by atoms with E-state index in [-0.39, 0.29) is 0 Å². The third kappa shape index (κ3) is 2.60. The lowest BCUT2D eigenvalue weighted by atomic mass is 10.2. The second-order valence-corrected chi connectivity index (χ2v) is 4.05. The second-order valence-electron chi connectivity index (χ2n) is 3.64. The van der Waals surface area contributed by atoms with E-state index in [9.17, 15) is 0 Å². The van der Waals surface area contributed by atoms with Crippen LogP contribution in [-0.2, 0) is 13.1 Å². The van der Waals surface area contributed by atoms with Crippen LogP contribution in [0.1, 0.15) is 11.4 Å². The molecule has 0 radical (unpaired) electrons. The maximum Gasteiger partial charge on any atom is 0.137 e. The molecule has 0 saturated carbocycles. The van der Waals surface area contributed by atoms with E-state index < -0.39 is 0 Å². The van der Waals surface area contributed by atoms with Gasteiger partial charge in [-0.1, -0.05) is 17.7 Å². The average Bonchev–Trinajstić information content (AvgIpc) is 2.76. The van der Waals surface area contributed by atoms with E-state index in [2.05, 4.69) is 4.98 Å². The molecule has 0 spiro atoms. The predicted molar refractivity (Wildman–Crippen MR) is 67.2 cm³/mol. The van der Waals surface area contributed by atoms with Gasteiger partial charge < -0.3 is 15.0 Å². The van der Waals surface area contributed by atoms with E-state index in [0.29, 0.717) is 23.9 Å². The van der Waals surface area contributed by atoms with Crippen molar-refractivity contribution < 1.29 is 4.74 Å². The highest BCUT2D eigenvalue weighted by molar-refractivity contribution is 6.32. The van der Waals surface area contributed by atoms with Crippen molar-refractivity contribution in [2.24, 2.45) is 5.73 Å². The second kappa shape index (κ2) is 5.21. The number of benzene rings is 1. The summed E-state index contributed by atoms with van der Waals surface area (Å²) >= 11 is 6.07. The van der Waals surface area contributed by atoms with E-state index in [4.69, 9.17) is 22.1 Å². The highest BCUT2D eigenvalue weighted by Crippen LogP contribution is 2.25. The lowest BCUT2D eigenvalue weighted by Gasteiger charge is -2.08. The van der Waals surface area contributed by atoms with Crippen LogP contribution in [0.3, 0.4) is 0 Å². The van der Waals surface area contributed by atoms with Gasteiger partial charge in [-0.15, -0.1) is 0 Å². The molecule has 0 amide bonds. The van der Waals surface area contributed by atoms with Crippen molar-refractivity contribution in [3.8, 4) is 5.75 Å². The lowest BCUT2D eigenvalue weighted by Crippen LogP contribution is -2.08. The van der Waals surface area contributed by atoms with Gasteiger partial charge in [-0.3, -0.25) is 0 Å². The molecule has 1 aromatic carbocycles. The summed E-state index contributed by atoms with van der Waals surface area (Å²) in [6.07, 6.45) is 3.65. The molecule has 0 unspecified atom stereocenters. The van der Waals surface area contributed by atoms with Gasteiger partial charge in [0.1, 0.15) is 11.6 Å². The fourth-order valence-electron chi connectivity index (χ4n) is 1.68. The summed E-state index contributed by atoms with van der Waals surface area (Å²) in [5.41, 5.74) is 6.68. The lowest BCUT2D eigenvalue weighted by molar-refractivity contribution is 0.415. The molecule has 0 aliphatic carbocycles. The molecule has 5 heteroatoms. The molecular formula is C12H14ClN3O. The summed E-state index contributed by atoms with van der Waals surface area (Å²) in [6, 6.07) is 5.72. The average molecular weight is 252 g/mol. The molecular weight excluding hydrogens is 238 g/mol.